The van der Waals surface area contributed by atoms with Gasteiger partial charge in [-0.05, 0) is 24.8 Å². The quantitative estimate of drug-likeness (QED) is 0.851. The molecule has 4 heteroatoms. The van der Waals surface area contributed by atoms with Crippen molar-refractivity contribution in [2.24, 2.45) is 11.7 Å². The minimum absolute atomic E-state index is 0.139. The van der Waals surface area contributed by atoms with Crippen molar-refractivity contribution in [1.82, 2.24) is 4.90 Å². The topological polar surface area (TPSA) is 55.6 Å². The second kappa shape index (κ2) is 6.86. The average molecular weight is 276 g/mol. The van der Waals surface area contributed by atoms with Crippen LogP contribution in [0.5, 0.6) is 0 Å². The molecule has 1 fully saturated rings. The Balaban J connectivity index is 1.95. The Bertz CT molecular complexity index is 462. The lowest BCUT2D eigenvalue weighted by molar-refractivity contribution is -0.142. The first kappa shape index (κ1) is 15.0. The number of nitrogens with two attached hydrogens (primary N) is 1. The van der Waals surface area contributed by atoms with Crippen LogP contribution in [0.4, 0.5) is 0 Å². The minimum atomic E-state index is -0.139. The molecule has 1 aromatic carbocycles. The Labute approximate surface area is 120 Å². The van der Waals surface area contributed by atoms with Crippen molar-refractivity contribution in [3.05, 3.63) is 35.4 Å². The van der Waals surface area contributed by atoms with Gasteiger partial charge in [0.1, 0.15) is 0 Å². The number of aryl methyl sites for hydroxylation is 1. The van der Waals surface area contributed by atoms with Crippen LogP contribution in [0.25, 0.3) is 0 Å². The number of hydrogen-bond donors (Lipinski definition) is 1. The molecule has 1 heterocycles. The maximum absolute atomic E-state index is 11.4. The largest absolute Gasteiger partial charge is 0.469 e. The van der Waals surface area contributed by atoms with E-state index in [2.05, 4.69) is 36.1 Å². The Morgan fingerprint density at radius 3 is 2.95 bits per heavy atom. The Morgan fingerprint density at radius 2 is 2.25 bits per heavy atom. The molecular weight excluding hydrogens is 252 g/mol. The number of esters is 1. The van der Waals surface area contributed by atoms with Crippen molar-refractivity contribution in [3.63, 3.8) is 0 Å². The smallest absolute Gasteiger partial charge is 0.305 e. The van der Waals surface area contributed by atoms with E-state index in [-0.39, 0.29) is 12.0 Å². The SMILES string of the molecule is COC(=O)CC1CC(N)CN(Cc2cccc(C)c2)C1. The minimum Gasteiger partial charge on any atom is -0.469 e. The van der Waals surface area contributed by atoms with E-state index in [0.29, 0.717) is 12.3 Å². The molecule has 1 saturated heterocycles. The van der Waals surface area contributed by atoms with Gasteiger partial charge in [-0.1, -0.05) is 29.8 Å². The average Bonchev–Trinajstić information content (AvgIpc) is 2.37. The molecule has 2 N–H and O–H groups in total. The molecule has 4 nitrogen and oxygen atoms in total. The van der Waals surface area contributed by atoms with Gasteiger partial charge in [0.2, 0.25) is 0 Å². The molecule has 110 valence electrons. The number of likely N-dealkylation sites (tertiary alicyclic amines) is 1. The van der Waals surface area contributed by atoms with Crippen LogP contribution in [0.3, 0.4) is 0 Å². The fourth-order valence-electron chi connectivity index (χ4n) is 3.01. The van der Waals surface area contributed by atoms with Gasteiger partial charge >= 0.3 is 5.97 Å². The highest BCUT2D eigenvalue weighted by atomic mass is 16.5. The van der Waals surface area contributed by atoms with Crippen LogP contribution in [-0.2, 0) is 16.1 Å². The van der Waals surface area contributed by atoms with Crippen LogP contribution in [-0.4, -0.2) is 37.1 Å². The number of ether oxygens (including phenoxy) is 1. The van der Waals surface area contributed by atoms with Crippen molar-refractivity contribution in [1.29, 1.82) is 0 Å². The molecule has 0 spiro atoms. The van der Waals surface area contributed by atoms with Crippen LogP contribution < -0.4 is 5.73 Å². The number of nitrogens with zero attached hydrogens (tertiary/aromatic N) is 1. The van der Waals surface area contributed by atoms with Crippen LogP contribution in [0.15, 0.2) is 24.3 Å². The van der Waals surface area contributed by atoms with Gasteiger partial charge in [0.15, 0.2) is 0 Å². The van der Waals surface area contributed by atoms with Gasteiger partial charge in [0.05, 0.1) is 7.11 Å². The molecule has 1 aliphatic rings. The van der Waals surface area contributed by atoms with Gasteiger partial charge in [-0.3, -0.25) is 9.69 Å². The molecule has 1 aromatic rings. The van der Waals surface area contributed by atoms with E-state index in [1.54, 1.807) is 0 Å². The summed E-state index contributed by atoms with van der Waals surface area (Å²) in [4.78, 5) is 13.8. The summed E-state index contributed by atoms with van der Waals surface area (Å²) in [6.45, 7) is 4.81. The maximum atomic E-state index is 11.4. The molecule has 2 unspecified atom stereocenters. The first-order chi connectivity index (χ1) is 9.56. The second-order valence-corrected chi connectivity index (χ2v) is 5.83. The van der Waals surface area contributed by atoms with E-state index in [4.69, 9.17) is 10.5 Å². The number of hydrogen-bond acceptors (Lipinski definition) is 4. The molecule has 0 bridgehead atoms. The molecule has 2 rings (SSSR count). The van der Waals surface area contributed by atoms with Gasteiger partial charge in [0, 0.05) is 32.1 Å². The fourth-order valence-corrected chi connectivity index (χ4v) is 3.01. The third-order valence-corrected chi connectivity index (χ3v) is 3.82. The van der Waals surface area contributed by atoms with Crippen LogP contribution in [0, 0.1) is 12.8 Å². The van der Waals surface area contributed by atoms with E-state index >= 15 is 0 Å². The summed E-state index contributed by atoms with van der Waals surface area (Å²) in [6.07, 6.45) is 1.37. The number of rotatable bonds is 4. The van der Waals surface area contributed by atoms with Crippen molar-refractivity contribution in [2.45, 2.75) is 32.4 Å². The van der Waals surface area contributed by atoms with Gasteiger partial charge < -0.3 is 10.5 Å². The van der Waals surface area contributed by atoms with Crippen molar-refractivity contribution in [3.8, 4) is 0 Å². The first-order valence-corrected chi connectivity index (χ1v) is 7.17. The van der Waals surface area contributed by atoms with E-state index in [0.717, 1.165) is 26.1 Å². The Hall–Kier alpha value is -1.39. The van der Waals surface area contributed by atoms with Crippen LogP contribution in [0.2, 0.25) is 0 Å². The second-order valence-electron chi connectivity index (χ2n) is 5.83. The third-order valence-electron chi connectivity index (χ3n) is 3.82. The van der Waals surface area contributed by atoms with E-state index in [1.165, 1.54) is 18.2 Å². The lowest BCUT2D eigenvalue weighted by atomic mass is 9.91. The van der Waals surface area contributed by atoms with Crippen molar-refractivity contribution >= 4 is 5.97 Å². The highest BCUT2D eigenvalue weighted by molar-refractivity contribution is 5.69. The zero-order chi connectivity index (χ0) is 14.5. The molecule has 0 aromatic heterocycles. The van der Waals surface area contributed by atoms with Crippen LogP contribution >= 0.6 is 0 Å². The van der Waals surface area contributed by atoms with Crippen LogP contribution in [0.1, 0.15) is 24.0 Å². The summed E-state index contributed by atoms with van der Waals surface area (Å²) >= 11 is 0. The first-order valence-electron chi connectivity index (χ1n) is 7.17. The summed E-state index contributed by atoms with van der Waals surface area (Å²) in [6, 6.07) is 8.67. The Morgan fingerprint density at radius 1 is 1.45 bits per heavy atom. The normalized spacial score (nSPS) is 23.6. The zero-order valence-electron chi connectivity index (χ0n) is 12.3. The zero-order valence-corrected chi connectivity index (χ0v) is 12.3. The summed E-state index contributed by atoms with van der Waals surface area (Å²) in [7, 11) is 1.44. The molecule has 20 heavy (non-hydrogen) atoms. The number of carbonyl (C=O) groups is 1. The highest BCUT2D eigenvalue weighted by Crippen LogP contribution is 2.21. The summed E-state index contributed by atoms with van der Waals surface area (Å²) in [5, 5.41) is 0. The lowest BCUT2D eigenvalue weighted by Crippen LogP contribution is -2.47. The third kappa shape index (κ3) is 4.32. The van der Waals surface area contributed by atoms with Crippen molar-refractivity contribution < 1.29 is 9.53 Å². The molecular formula is C16H24N2O2. The molecule has 2 atom stereocenters. The number of carbonyl (C=O) groups excluding carboxylic acids is 1. The number of benzene rings is 1. The van der Waals surface area contributed by atoms with Gasteiger partial charge in [-0.15, -0.1) is 0 Å². The molecule has 0 aliphatic carbocycles. The lowest BCUT2D eigenvalue weighted by Gasteiger charge is -2.36. The Kier molecular flexibility index (Phi) is 5.15. The molecule has 0 saturated carbocycles. The monoisotopic (exact) mass is 276 g/mol. The highest BCUT2D eigenvalue weighted by Gasteiger charge is 2.27. The summed E-state index contributed by atoms with van der Waals surface area (Å²) < 4.78 is 4.76. The molecule has 0 radical (unpaired) electrons. The van der Waals surface area contributed by atoms with E-state index in [9.17, 15) is 4.79 Å². The number of methoxy groups -OCH3 is 1. The standard InChI is InChI=1S/C16H24N2O2/c1-12-4-3-5-13(6-12)9-18-10-14(7-15(17)11-18)8-16(19)20-2/h3-6,14-15H,7-11,17H2,1-2H3. The van der Waals surface area contributed by atoms with E-state index in [1.807, 2.05) is 0 Å². The summed E-state index contributed by atoms with van der Waals surface area (Å²) in [5.41, 5.74) is 8.70. The predicted molar refractivity (Wildman–Crippen MR) is 79.2 cm³/mol. The predicted octanol–water partition coefficient (Wildman–Crippen LogP) is 1.71. The maximum Gasteiger partial charge on any atom is 0.305 e. The molecule has 0 amide bonds. The van der Waals surface area contributed by atoms with Gasteiger partial charge in [-0.25, -0.2) is 0 Å². The fraction of sp³-hybridized carbons (Fsp3) is 0.562. The van der Waals surface area contributed by atoms with E-state index < -0.39 is 0 Å². The van der Waals surface area contributed by atoms with Gasteiger partial charge in [-0.2, -0.15) is 0 Å². The number of piperidine rings is 1. The van der Waals surface area contributed by atoms with Crippen molar-refractivity contribution in [2.75, 3.05) is 20.2 Å². The molecule has 1 aliphatic heterocycles. The van der Waals surface area contributed by atoms with Gasteiger partial charge in [0.25, 0.3) is 0 Å². The summed E-state index contributed by atoms with van der Waals surface area (Å²) in [5.74, 6) is 0.163.